The predicted molar refractivity (Wildman–Crippen MR) is 89.5 cm³/mol. The zero-order chi connectivity index (χ0) is 14.7. The molecule has 1 saturated heterocycles. The summed E-state index contributed by atoms with van der Waals surface area (Å²) in [5.41, 5.74) is 9.17. The summed E-state index contributed by atoms with van der Waals surface area (Å²) >= 11 is 0. The van der Waals surface area contributed by atoms with Crippen molar-refractivity contribution in [3.8, 4) is 0 Å². The van der Waals surface area contributed by atoms with Gasteiger partial charge < -0.3 is 10.6 Å². The smallest absolute Gasteiger partial charge is 0.0174 e. The van der Waals surface area contributed by atoms with Crippen LogP contribution in [0.25, 0.3) is 0 Å². The molecular weight excluding hydrogens is 256 g/mol. The molecule has 2 nitrogen and oxygen atoms in total. The summed E-state index contributed by atoms with van der Waals surface area (Å²) in [6.45, 7) is 5.73. The van der Waals surface area contributed by atoms with E-state index in [1.165, 1.54) is 56.3 Å². The second-order valence-corrected chi connectivity index (χ2v) is 7.33. The molecule has 2 N–H and O–H groups in total. The molecule has 0 amide bonds. The van der Waals surface area contributed by atoms with Gasteiger partial charge in [-0.1, -0.05) is 49.1 Å². The van der Waals surface area contributed by atoms with Crippen molar-refractivity contribution in [3.63, 3.8) is 0 Å². The second-order valence-electron chi connectivity index (χ2n) is 7.33. The van der Waals surface area contributed by atoms with Crippen LogP contribution in [0.4, 0.5) is 0 Å². The Morgan fingerprint density at radius 1 is 1.05 bits per heavy atom. The Kier molecular flexibility index (Phi) is 4.97. The number of piperidine rings is 1. The zero-order valence-corrected chi connectivity index (χ0v) is 13.4. The van der Waals surface area contributed by atoms with Gasteiger partial charge in [0.1, 0.15) is 0 Å². The highest BCUT2D eigenvalue weighted by atomic mass is 15.2. The summed E-state index contributed by atoms with van der Waals surface area (Å²) in [5, 5.41) is 0. The maximum atomic E-state index is 6.35. The van der Waals surface area contributed by atoms with Crippen LogP contribution >= 0.6 is 0 Å². The number of benzene rings is 1. The third kappa shape index (κ3) is 4.08. The minimum atomic E-state index is 0.341. The van der Waals surface area contributed by atoms with Gasteiger partial charge in [0.05, 0.1) is 0 Å². The van der Waals surface area contributed by atoms with Crippen molar-refractivity contribution < 1.29 is 0 Å². The lowest BCUT2D eigenvalue weighted by Crippen LogP contribution is -2.47. The molecule has 2 fully saturated rings. The van der Waals surface area contributed by atoms with Gasteiger partial charge in [-0.25, -0.2) is 0 Å². The molecule has 116 valence electrons. The molecule has 2 aliphatic rings. The van der Waals surface area contributed by atoms with Crippen LogP contribution in [0.2, 0.25) is 0 Å². The fourth-order valence-corrected chi connectivity index (χ4v) is 4.20. The average molecular weight is 286 g/mol. The van der Waals surface area contributed by atoms with Crippen molar-refractivity contribution in [3.05, 3.63) is 35.4 Å². The Morgan fingerprint density at radius 2 is 1.76 bits per heavy atom. The zero-order valence-electron chi connectivity index (χ0n) is 13.4. The average Bonchev–Trinajstić information content (AvgIpc) is 2.48. The van der Waals surface area contributed by atoms with Gasteiger partial charge in [-0.3, -0.25) is 0 Å². The van der Waals surface area contributed by atoms with Crippen LogP contribution in [-0.2, 0) is 0 Å². The summed E-state index contributed by atoms with van der Waals surface area (Å²) < 4.78 is 0. The number of hydrogen-bond donors (Lipinski definition) is 1. The molecule has 3 rings (SSSR count). The number of nitrogens with two attached hydrogens (primary N) is 1. The Bertz CT molecular complexity index is 433. The molecule has 1 heterocycles. The van der Waals surface area contributed by atoms with Crippen LogP contribution in [0.5, 0.6) is 0 Å². The van der Waals surface area contributed by atoms with Crippen molar-refractivity contribution in [2.24, 2.45) is 11.7 Å². The van der Waals surface area contributed by atoms with Crippen molar-refractivity contribution in [1.82, 2.24) is 4.90 Å². The molecule has 2 heteroatoms. The standard InChI is InChI=1S/C19H30N2/c1-15-7-9-17(10-8-15)18-11-19(20)14-21(13-18)12-16-5-3-2-4-6-16/h7-10,16,18-19H,2-6,11-14,20H2,1H3. The summed E-state index contributed by atoms with van der Waals surface area (Å²) in [6, 6.07) is 9.42. The van der Waals surface area contributed by atoms with Crippen LogP contribution < -0.4 is 5.73 Å². The minimum Gasteiger partial charge on any atom is -0.327 e. The Balaban J connectivity index is 1.62. The summed E-state index contributed by atoms with van der Waals surface area (Å²) in [5.74, 6) is 1.54. The largest absolute Gasteiger partial charge is 0.327 e. The fourth-order valence-electron chi connectivity index (χ4n) is 4.20. The van der Waals surface area contributed by atoms with Crippen molar-refractivity contribution in [1.29, 1.82) is 0 Å². The second kappa shape index (κ2) is 6.93. The van der Waals surface area contributed by atoms with E-state index < -0.39 is 0 Å². The number of hydrogen-bond acceptors (Lipinski definition) is 2. The summed E-state index contributed by atoms with van der Waals surface area (Å²) in [7, 11) is 0. The van der Waals surface area contributed by atoms with Crippen molar-refractivity contribution in [2.75, 3.05) is 19.6 Å². The van der Waals surface area contributed by atoms with E-state index >= 15 is 0 Å². The molecule has 1 saturated carbocycles. The lowest BCUT2D eigenvalue weighted by molar-refractivity contribution is 0.147. The van der Waals surface area contributed by atoms with Crippen molar-refractivity contribution in [2.45, 2.75) is 57.4 Å². The summed E-state index contributed by atoms with van der Waals surface area (Å²) in [6.07, 6.45) is 8.33. The van der Waals surface area contributed by atoms with E-state index in [1.807, 2.05) is 0 Å². The topological polar surface area (TPSA) is 29.3 Å². The SMILES string of the molecule is Cc1ccc(C2CC(N)CN(CC3CCCCC3)C2)cc1. The van der Waals surface area contributed by atoms with Gasteiger partial charge in [0.2, 0.25) is 0 Å². The molecule has 21 heavy (non-hydrogen) atoms. The first kappa shape index (κ1) is 15.1. The van der Waals surface area contributed by atoms with Crippen molar-refractivity contribution >= 4 is 0 Å². The predicted octanol–water partition coefficient (Wildman–Crippen LogP) is 3.69. The molecule has 2 atom stereocenters. The van der Waals surface area contributed by atoms with E-state index in [4.69, 9.17) is 5.73 Å². The normalized spacial score (nSPS) is 28.7. The number of nitrogens with zero attached hydrogens (tertiary/aromatic N) is 1. The maximum Gasteiger partial charge on any atom is 0.0174 e. The van der Waals surface area contributed by atoms with E-state index in [9.17, 15) is 0 Å². The van der Waals surface area contributed by atoms with Crippen LogP contribution in [0.15, 0.2) is 24.3 Å². The summed E-state index contributed by atoms with van der Waals surface area (Å²) in [4.78, 5) is 2.65. The fraction of sp³-hybridized carbons (Fsp3) is 0.684. The molecule has 1 aliphatic heterocycles. The number of likely N-dealkylation sites (tertiary alicyclic amines) is 1. The van der Waals surface area contributed by atoms with Crippen LogP contribution in [-0.4, -0.2) is 30.6 Å². The molecule has 1 aliphatic carbocycles. The molecule has 0 aromatic heterocycles. The van der Waals surface area contributed by atoms with E-state index in [-0.39, 0.29) is 0 Å². The highest BCUT2D eigenvalue weighted by molar-refractivity contribution is 5.25. The Labute approximate surface area is 129 Å². The van der Waals surface area contributed by atoms with Gasteiger partial charge in [-0.2, -0.15) is 0 Å². The molecule has 1 aromatic carbocycles. The van der Waals surface area contributed by atoms with E-state index in [1.54, 1.807) is 0 Å². The Hall–Kier alpha value is -0.860. The molecule has 0 bridgehead atoms. The van der Waals surface area contributed by atoms with Gasteiger partial charge in [0.25, 0.3) is 0 Å². The molecular formula is C19H30N2. The maximum absolute atomic E-state index is 6.35. The molecule has 0 radical (unpaired) electrons. The molecule has 0 spiro atoms. The van der Waals surface area contributed by atoms with Gasteiger partial charge in [-0.15, -0.1) is 0 Å². The van der Waals surface area contributed by atoms with Gasteiger partial charge in [0.15, 0.2) is 0 Å². The first-order valence-electron chi connectivity index (χ1n) is 8.75. The minimum absolute atomic E-state index is 0.341. The first-order valence-corrected chi connectivity index (χ1v) is 8.75. The number of rotatable bonds is 3. The first-order chi connectivity index (χ1) is 10.2. The highest BCUT2D eigenvalue weighted by Crippen LogP contribution is 2.30. The van der Waals surface area contributed by atoms with E-state index in [2.05, 4.69) is 36.1 Å². The molecule has 1 aromatic rings. The van der Waals surface area contributed by atoms with Crippen LogP contribution in [0, 0.1) is 12.8 Å². The van der Waals surface area contributed by atoms with Crippen LogP contribution in [0.1, 0.15) is 55.6 Å². The van der Waals surface area contributed by atoms with Crippen LogP contribution in [0.3, 0.4) is 0 Å². The van der Waals surface area contributed by atoms with Gasteiger partial charge in [-0.05, 0) is 43.6 Å². The van der Waals surface area contributed by atoms with E-state index in [0.29, 0.717) is 12.0 Å². The third-order valence-corrected chi connectivity index (χ3v) is 5.35. The van der Waals surface area contributed by atoms with Gasteiger partial charge in [0, 0.05) is 25.7 Å². The van der Waals surface area contributed by atoms with E-state index in [0.717, 1.165) is 18.9 Å². The number of aryl methyl sites for hydroxylation is 1. The Morgan fingerprint density at radius 3 is 2.48 bits per heavy atom. The third-order valence-electron chi connectivity index (χ3n) is 5.35. The quantitative estimate of drug-likeness (QED) is 0.918. The lowest BCUT2D eigenvalue weighted by atomic mass is 9.85. The highest BCUT2D eigenvalue weighted by Gasteiger charge is 2.28. The van der Waals surface area contributed by atoms with Gasteiger partial charge >= 0.3 is 0 Å². The lowest BCUT2D eigenvalue weighted by Gasteiger charge is -2.39. The molecule has 2 unspecified atom stereocenters. The monoisotopic (exact) mass is 286 g/mol.